The summed E-state index contributed by atoms with van der Waals surface area (Å²) in [7, 11) is 1.97. The minimum atomic E-state index is 1.16. The molecular weight excluding hydrogens is 306 g/mol. The van der Waals surface area contributed by atoms with Gasteiger partial charge in [0.1, 0.15) is 0 Å². The molecule has 0 atom stereocenters. The van der Waals surface area contributed by atoms with Gasteiger partial charge in [0.15, 0.2) is 0 Å². The molecule has 0 aliphatic rings. The number of rotatable bonds is 5. The van der Waals surface area contributed by atoms with Gasteiger partial charge in [-0.1, -0.05) is 59.9 Å². The molecular formula is C19H17NS2. The first kappa shape index (κ1) is 15.1. The standard InChI is InChI=1S/C19H17NS2/c1-20-18-13-12-17(21-15-8-4-2-5-9-15)14-19(18)22-16-10-6-3-7-11-16/h2-14,20H,1H3. The number of nitrogens with one attached hydrogen (secondary N) is 1. The second kappa shape index (κ2) is 7.43. The summed E-state index contributed by atoms with van der Waals surface area (Å²) in [5.74, 6) is 0. The third-order valence-electron chi connectivity index (χ3n) is 3.17. The van der Waals surface area contributed by atoms with Crippen LogP contribution in [0.4, 0.5) is 5.69 Å². The number of hydrogen-bond acceptors (Lipinski definition) is 3. The highest BCUT2D eigenvalue weighted by Crippen LogP contribution is 2.37. The second-order valence-corrected chi connectivity index (χ2v) is 7.00. The molecule has 0 bridgehead atoms. The molecule has 0 aliphatic carbocycles. The lowest BCUT2D eigenvalue weighted by atomic mass is 10.3. The molecule has 1 N–H and O–H groups in total. The van der Waals surface area contributed by atoms with E-state index >= 15 is 0 Å². The molecule has 0 amide bonds. The molecule has 0 aromatic heterocycles. The Morgan fingerprint density at radius 1 is 0.636 bits per heavy atom. The van der Waals surface area contributed by atoms with Crippen LogP contribution in [0.15, 0.2) is 98.4 Å². The van der Waals surface area contributed by atoms with Gasteiger partial charge in [0.05, 0.1) is 0 Å². The summed E-state index contributed by atoms with van der Waals surface area (Å²) in [6, 6.07) is 27.5. The third-order valence-corrected chi connectivity index (χ3v) is 5.24. The van der Waals surface area contributed by atoms with Gasteiger partial charge in [-0.15, -0.1) is 0 Å². The highest BCUT2D eigenvalue weighted by molar-refractivity contribution is 8.00. The SMILES string of the molecule is CNc1ccc(Sc2ccccc2)cc1Sc1ccccc1. The van der Waals surface area contributed by atoms with Crippen LogP contribution < -0.4 is 5.32 Å². The Bertz CT molecular complexity index is 727. The Labute approximate surface area is 140 Å². The molecule has 0 heterocycles. The maximum atomic E-state index is 3.28. The zero-order chi connectivity index (χ0) is 15.2. The summed E-state index contributed by atoms with van der Waals surface area (Å²) in [5.41, 5.74) is 1.16. The molecule has 0 saturated heterocycles. The van der Waals surface area contributed by atoms with Crippen molar-refractivity contribution in [3.63, 3.8) is 0 Å². The molecule has 1 nitrogen and oxygen atoms in total. The van der Waals surface area contributed by atoms with Crippen LogP contribution in [0, 0.1) is 0 Å². The van der Waals surface area contributed by atoms with E-state index in [0.717, 1.165) is 5.69 Å². The lowest BCUT2D eigenvalue weighted by Gasteiger charge is -2.11. The molecule has 0 unspecified atom stereocenters. The van der Waals surface area contributed by atoms with Gasteiger partial charge >= 0.3 is 0 Å². The summed E-state index contributed by atoms with van der Waals surface area (Å²) in [4.78, 5) is 5.01. The fourth-order valence-corrected chi connectivity index (χ4v) is 4.06. The van der Waals surface area contributed by atoms with Crippen LogP contribution >= 0.6 is 23.5 Å². The van der Waals surface area contributed by atoms with Gasteiger partial charge < -0.3 is 5.32 Å². The van der Waals surface area contributed by atoms with E-state index in [1.165, 1.54) is 19.6 Å². The van der Waals surface area contributed by atoms with Crippen molar-refractivity contribution >= 4 is 29.2 Å². The second-order valence-electron chi connectivity index (χ2n) is 4.74. The van der Waals surface area contributed by atoms with Crippen LogP contribution in [-0.2, 0) is 0 Å². The molecule has 0 spiro atoms. The molecule has 0 aliphatic heterocycles. The van der Waals surface area contributed by atoms with E-state index in [0.29, 0.717) is 0 Å². The van der Waals surface area contributed by atoms with E-state index in [-0.39, 0.29) is 0 Å². The highest BCUT2D eigenvalue weighted by Gasteiger charge is 2.06. The van der Waals surface area contributed by atoms with Crippen molar-refractivity contribution in [2.45, 2.75) is 19.6 Å². The summed E-state index contributed by atoms with van der Waals surface area (Å²) >= 11 is 3.58. The predicted molar refractivity (Wildman–Crippen MR) is 97.1 cm³/mol. The van der Waals surface area contributed by atoms with E-state index in [4.69, 9.17) is 0 Å². The Kier molecular flexibility index (Phi) is 5.09. The van der Waals surface area contributed by atoms with E-state index in [1.807, 2.05) is 19.2 Å². The fraction of sp³-hybridized carbons (Fsp3) is 0.0526. The third kappa shape index (κ3) is 3.87. The minimum Gasteiger partial charge on any atom is -0.387 e. The van der Waals surface area contributed by atoms with Crippen LogP contribution in [0.3, 0.4) is 0 Å². The first-order valence-corrected chi connectivity index (χ1v) is 8.76. The Balaban J connectivity index is 1.86. The van der Waals surface area contributed by atoms with Crippen LogP contribution in [-0.4, -0.2) is 7.05 Å². The lowest BCUT2D eigenvalue weighted by molar-refractivity contribution is 1.29. The fourth-order valence-electron chi connectivity index (χ4n) is 2.10. The van der Waals surface area contributed by atoms with Crippen LogP contribution in [0.2, 0.25) is 0 Å². The topological polar surface area (TPSA) is 12.0 Å². The van der Waals surface area contributed by atoms with Crippen LogP contribution in [0.25, 0.3) is 0 Å². The van der Waals surface area contributed by atoms with Gasteiger partial charge in [0, 0.05) is 32.3 Å². The molecule has 0 saturated carbocycles. The maximum Gasteiger partial charge on any atom is 0.0480 e. The molecule has 0 fully saturated rings. The average Bonchev–Trinajstić information content (AvgIpc) is 2.57. The van der Waals surface area contributed by atoms with Crippen molar-refractivity contribution in [1.29, 1.82) is 0 Å². The largest absolute Gasteiger partial charge is 0.387 e. The molecule has 0 radical (unpaired) electrons. The van der Waals surface area contributed by atoms with Gasteiger partial charge in [-0.25, -0.2) is 0 Å². The van der Waals surface area contributed by atoms with Crippen molar-refractivity contribution in [3.8, 4) is 0 Å². The van der Waals surface area contributed by atoms with Crippen molar-refractivity contribution < 1.29 is 0 Å². The van der Waals surface area contributed by atoms with Gasteiger partial charge in [-0.2, -0.15) is 0 Å². The Morgan fingerprint density at radius 3 is 1.82 bits per heavy atom. The molecule has 110 valence electrons. The Morgan fingerprint density at radius 2 is 1.23 bits per heavy atom. The quantitative estimate of drug-likeness (QED) is 0.615. The van der Waals surface area contributed by atoms with Crippen molar-refractivity contribution in [3.05, 3.63) is 78.9 Å². The monoisotopic (exact) mass is 323 g/mol. The van der Waals surface area contributed by atoms with Crippen LogP contribution in [0.5, 0.6) is 0 Å². The zero-order valence-corrected chi connectivity index (χ0v) is 14.0. The predicted octanol–water partition coefficient (Wildman–Crippen LogP) is 6.03. The lowest BCUT2D eigenvalue weighted by Crippen LogP contribution is -1.91. The molecule has 3 aromatic rings. The van der Waals surface area contributed by atoms with Gasteiger partial charge in [0.2, 0.25) is 0 Å². The van der Waals surface area contributed by atoms with Crippen molar-refractivity contribution in [2.24, 2.45) is 0 Å². The molecule has 3 heteroatoms. The summed E-state index contributed by atoms with van der Waals surface area (Å²) in [6.45, 7) is 0. The molecule has 3 aromatic carbocycles. The molecule has 3 rings (SSSR count). The van der Waals surface area contributed by atoms with Crippen LogP contribution in [0.1, 0.15) is 0 Å². The highest BCUT2D eigenvalue weighted by atomic mass is 32.2. The number of benzene rings is 3. The van der Waals surface area contributed by atoms with E-state index in [1.54, 1.807) is 23.5 Å². The van der Waals surface area contributed by atoms with E-state index in [9.17, 15) is 0 Å². The summed E-state index contributed by atoms with van der Waals surface area (Å²) in [6.07, 6.45) is 0. The van der Waals surface area contributed by atoms with E-state index in [2.05, 4.69) is 72.0 Å². The number of anilines is 1. The summed E-state index contributed by atoms with van der Waals surface area (Å²) in [5, 5.41) is 3.28. The normalized spacial score (nSPS) is 10.4. The van der Waals surface area contributed by atoms with Crippen molar-refractivity contribution in [1.82, 2.24) is 0 Å². The maximum absolute atomic E-state index is 3.28. The molecule has 22 heavy (non-hydrogen) atoms. The summed E-state index contributed by atoms with van der Waals surface area (Å²) < 4.78 is 0. The minimum absolute atomic E-state index is 1.16. The first-order chi connectivity index (χ1) is 10.8. The first-order valence-electron chi connectivity index (χ1n) is 7.13. The Hall–Kier alpha value is -1.84. The zero-order valence-electron chi connectivity index (χ0n) is 12.3. The van der Waals surface area contributed by atoms with Crippen molar-refractivity contribution in [2.75, 3.05) is 12.4 Å². The van der Waals surface area contributed by atoms with Gasteiger partial charge in [0.25, 0.3) is 0 Å². The van der Waals surface area contributed by atoms with Gasteiger partial charge in [-0.3, -0.25) is 0 Å². The average molecular weight is 323 g/mol. The number of hydrogen-bond donors (Lipinski definition) is 1. The van der Waals surface area contributed by atoms with Gasteiger partial charge in [-0.05, 0) is 42.5 Å². The van der Waals surface area contributed by atoms with E-state index < -0.39 is 0 Å². The smallest absolute Gasteiger partial charge is 0.0480 e.